The number of urea groups is 1. The van der Waals surface area contributed by atoms with Gasteiger partial charge < -0.3 is 10.6 Å². The SMILES string of the molecule is O=C(NCC(=O)N1CC[C@@H](c2ccccc2Cl)N1c1ccccc1Cl)NC1C2CC3CC(C2)CC1C3. The zero-order valence-corrected chi connectivity index (χ0v) is 21.7. The number of carbonyl (C=O) groups is 2. The standard InChI is InChI=1S/C28H32Cl2N4O2/c29-22-6-2-1-5-21(22)24-9-10-33(34(24)25-8-4-3-7-23(25)30)26(35)16-31-28(36)32-27-19-12-17-11-18(14-19)15-20(27)13-17/h1-8,17-20,24,27H,9-16H2,(H2,31,32,36)/t17?,18?,19?,20?,24-,27?/m0/s1. The maximum atomic E-state index is 13.4. The molecule has 2 N–H and O–H groups in total. The van der Waals surface area contributed by atoms with E-state index in [4.69, 9.17) is 23.2 Å². The van der Waals surface area contributed by atoms with E-state index in [0.29, 0.717) is 34.8 Å². The van der Waals surface area contributed by atoms with Crippen LogP contribution in [0.2, 0.25) is 10.0 Å². The first-order valence-electron chi connectivity index (χ1n) is 13.1. The highest BCUT2D eigenvalue weighted by Gasteiger charge is 2.48. The molecule has 36 heavy (non-hydrogen) atoms. The van der Waals surface area contributed by atoms with E-state index in [1.165, 1.54) is 32.1 Å². The average molecular weight is 527 g/mol. The second-order valence-corrected chi connectivity index (χ2v) is 11.7. The van der Waals surface area contributed by atoms with Crippen LogP contribution in [-0.4, -0.2) is 36.1 Å². The Labute approximate surface area is 222 Å². The molecule has 0 radical (unpaired) electrons. The van der Waals surface area contributed by atoms with E-state index in [1.54, 1.807) is 5.01 Å². The van der Waals surface area contributed by atoms with E-state index in [9.17, 15) is 9.59 Å². The van der Waals surface area contributed by atoms with E-state index in [0.717, 1.165) is 23.1 Å². The van der Waals surface area contributed by atoms with Gasteiger partial charge in [-0.05, 0) is 86.0 Å². The van der Waals surface area contributed by atoms with Crippen molar-refractivity contribution in [3.05, 3.63) is 64.1 Å². The summed E-state index contributed by atoms with van der Waals surface area (Å²) in [6.07, 6.45) is 7.04. The van der Waals surface area contributed by atoms with E-state index in [1.807, 2.05) is 53.5 Å². The van der Waals surface area contributed by atoms with Crippen molar-refractivity contribution in [1.82, 2.24) is 15.6 Å². The van der Waals surface area contributed by atoms with Crippen LogP contribution in [0.15, 0.2) is 48.5 Å². The smallest absolute Gasteiger partial charge is 0.315 e. The molecule has 1 atom stereocenters. The fraction of sp³-hybridized carbons (Fsp3) is 0.500. The van der Waals surface area contributed by atoms with Gasteiger partial charge >= 0.3 is 6.03 Å². The summed E-state index contributed by atoms with van der Waals surface area (Å²) in [5.74, 6) is 2.71. The third-order valence-electron chi connectivity index (χ3n) is 8.75. The number of benzene rings is 2. The minimum Gasteiger partial charge on any atom is -0.335 e. The lowest BCUT2D eigenvalue weighted by Gasteiger charge is -2.54. The predicted octanol–water partition coefficient (Wildman–Crippen LogP) is 5.81. The Morgan fingerprint density at radius 2 is 1.50 bits per heavy atom. The summed E-state index contributed by atoms with van der Waals surface area (Å²) in [5.41, 5.74) is 1.69. The molecule has 5 aliphatic rings. The molecule has 4 bridgehead atoms. The highest BCUT2D eigenvalue weighted by molar-refractivity contribution is 6.33. The van der Waals surface area contributed by atoms with Crippen LogP contribution in [0.5, 0.6) is 0 Å². The van der Waals surface area contributed by atoms with Crippen LogP contribution in [0.25, 0.3) is 0 Å². The van der Waals surface area contributed by atoms with Gasteiger partial charge in [-0.1, -0.05) is 53.5 Å². The predicted molar refractivity (Wildman–Crippen MR) is 142 cm³/mol. The number of hydrazine groups is 1. The minimum absolute atomic E-state index is 0.0741. The average Bonchev–Trinajstić information content (AvgIpc) is 3.29. The summed E-state index contributed by atoms with van der Waals surface area (Å²) >= 11 is 13.1. The number of nitrogens with zero attached hydrogens (tertiary/aromatic N) is 2. The lowest BCUT2D eigenvalue weighted by molar-refractivity contribution is -0.129. The molecule has 8 heteroatoms. The van der Waals surface area contributed by atoms with E-state index >= 15 is 0 Å². The topological polar surface area (TPSA) is 64.7 Å². The van der Waals surface area contributed by atoms with Crippen molar-refractivity contribution in [3.8, 4) is 0 Å². The van der Waals surface area contributed by atoms with E-state index in [-0.39, 0.29) is 30.6 Å². The van der Waals surface area contributed by atoms with Gasteiger partial charge in [0.15, 0.2) is 0 Å². The molecule has 6 nitrogen and oxygen atoms in total. The van der Waals surface area contributed by atoms with Gasteiger partial charge in [0, 0.05) is 17.6 Å². The van der Waals surface area contributed by atoms with Gasteiger partial charge in [0.1, 0.15) is 6.54 Å². The molecular weight excluding hydrogens is 495 g/mol. The Balaban J connectivity index is 1.14. The molecule has 3 amide bonds. The van der Waals surface area contributed by atoms with Crippen molar-refractivity contribution < 1.29 is 9.59 Å². The van der Waals surface area contributed by atoms with Crippen molar-refractivity contribution in [1.29, 1.82) is 0 Å². The quantitative estimate of drug-likeness (QED) is 0.516. The summed E-state index contributed by atoms with van der Waals surface area (Å²) in [7, 11) is 0. The highest BCUT2D eigenvalue weighted by atomic mass is 35.5. The van der Waals surface area contributed by atoms with Gasteiger partial charge in [0.05, 0.1) is 16.8 Å². The molecule has 7 rings (SSSR count). The summed E-state index contributed by atoms with van der Waals surface area (Å²) in [6, 6.07) is 15.1. The molecule has 1 aliphatic heterocycles. The first kappa shape index (κ1) is 23.9. The fourth-order valence-electron chi connectivity index (χ4n) is 7.47. The van der Waals surface area contributed by atoms with Gasteiger partial charge in [-0.25, -0.2) is 4.79 Å². The summed E-state index contributed by atoms with van der Waals surface area (Å²) in [5, 5.41) is 10.9. The third kappa shape index (κ3) is 4.43. The lowest BCUT2D eigenvalue weighted by Crippen LogP contribution is -2.58. The van der Waals surface area contributed by atoms with Crippen molar-refractivity contribution in [2.75, 3.05) is 18.1 Å². The number of anilines is 1. The highest BCUT2D eigenvalue weighted by Crippen LogP contribution is 2.53. The van der Waals surface area contributed by atoms with E-state index in [2.05, 4.69) is 10.6 Å². The number of carbonyl (C=O) groups excluding carboxylic acids is 2. The summed E-state index contributed by atoms with van der Waals surface area (Å²) in [6.45, 7) is 0.439. The zero-order chi connectivity index (χ0) is 24.8. The number of nitrogens with one attached hydrogen (secondary N) is 2. The molecule has 190 valence electrons. The maximum Gasteiger partial charge on any atom is 0.315 e. The van der Waals surface area contributed by atoms with Gasteiger partial charge in [-0.15, -0.1) is 0 Å². The molecule has 4 saturated carbocycles. The molecule has 2 aromatic carbocycles. The number of rotatable bonds is 5. The van der Waals surface area contributed by atoms with Crippen LogP contribution < -0.4 is 15.6 Å². The Morgan fingerprint density at radius 1 is 0.861 bits per heavy atom. The molecule has 0 spiro atoms. The van der Waals surface area contributed by atoms with Gasteiger partial charge in [-0.2, -0.15) is 0 Å². The molecule has 0 aromatic heterocycles. The molecule has 1 saturated heterocycles. The number of hydrogen-bond acceptors (Lipinski definition) is 3. The monoisotopic (exact) mass is 526 g/mol. The lowest BCUT2D eigenvalue weighted by atomic mass is 9.54. The number of para-hydroxylation sites is 1. The van der Waals surface area contributed by atoms with Crippen LogP contribution >= 0.6 is 23.2 Å². The molecular formula is C28H32Cl2N4O2. The van der Waals surface area contributed by atoms with Crippen molar-refractivity contribution in [2.24, 2.45) is 23.7 Å². The minimum atomic E-state index is -0.244. The normalized spacial score (nSPS) is 30.5. The second-order valence-electron chi connectivity index (χ2n) is 10.9. The largest absolute Gasteiger partial charge is 0.335 e. The summed E-state index contributed by atoms with van der Waals surface area (Å²) < 4.78 is 0. The van der Waals surface area contributed by atoms with Gasteiger partial charge in [0.2, 0.25) is 0 Å². The number of halogens is 2. The molecule has 5 fully saturated rings. The molecule has 1 heterocycles. The van der Waals surface area contributed by atoms with Crippen molar-refractivity contribution >= 4 is 40.8 Å². The van der Waals surface area contributed by atoms with Crippen LogP contribution in [0.3, 0.4) is 0 Å². The van der Waals surface area contributed by atoms with Crippen LogP contribution in [0, 0.1) is 23.7 Å². The number of hydrogen-bond donors (Lipinski definition) is 2. The summed E-state index contributed by atoms with van der Waals surface area (Å²) in [4.78, 5) is 26.3. The van der Waals surface area contributed by atoms with Crippen LogP contribution in [0.1, 0.15) is 50.1 Å². The van der Waals surface area contributed by atoms with Crippen LogP contribution in [-0.2, 0) is 4.79 Å². The molecule has 4 aliphatic carbocycles. The first-order chi connectivity index (χ1) is 17.5. The van der Waals surface area contributed by atoms with Gasteiger partial charge in [-0.3, -0.25) is 14.8 Å². The Kier molecular flexibility index (Phi) is 6.51. The third-order valence-corrected chi connectivity index (χ3v) is 9.41. The second kappa shape index (κ2) is 9.79. The van der Waals surface area contributed by atoms with Crippen LogP contribution in [0.4, 0.5) is 10.5 Å². The van der Waals surface area contributed by atoms with Crippen molar-refractivity contribution in [3.63, 3.8) is 0 Å². The van der Waals surface area contributed by atoms with Gasteiger partial charge in [0.25, 0.3) is 5.91 Å². The number of amides is 3. The Morgan fingerprint density at radius 3 is 2.17 bits per heavy atom. The fourth-order valence-corrected chi connectivity index (χ4v) is 7.95. The maximum absolute atomic E-state index is 13.4. The van der Waals surface area contributed by atoms with E-state index < -0.39 is 0 Å². The molecule has 2 aromatic rings. The zero-order valence-electron chi connectivity index (χ0n) is 20.2. The molecule has 0 unspecified atom stereocenters. The Hall–Kier alpha value is -2.44. The van der Waals surface area contributed by atoms with Crippen molar-refractivity contribution in [2.45, 2.75) is 50.6 Å². The first-order valence-corrected chi connectivity index (χ1v) is 13.9. The Bertz CT molecular complexity index is 1130.